The predicted octanol–water partition coefficient (Wildman–Crippen LogP) is 3.16. The van der Waals surface area contributed by atoms with Crippen LogP contribution in [0.1, 0.15) is 43.1 Å². The fraction of sp³-hybridized carbons (Fsp3) is 0.421. The monoisotopic (exact) mass is 359 g/mol. The second-order valence-corrected chi connectivity index (χ2v) is 6.46. The molecular formula is C19H22FN3O3. The number of nitrogens with one attached hydrogen (secondary N) is 1. The lowest BCUT2D eigenvalue weighted by molar-refractivity contribution is -0.139. The second-order valence-electron chi connectivity index (χ2n) is 6.46. The van der Waals surface area contributed by atoms with E-state index >= 15 is 0 Å². The van der Waals surface area contributed by atoms with Gasteiger partial charge in [-0.1, -0.05) is 12.8 Å². The van der Waals surface area contributed by atoms with Crippen LogP contribution in [0.4, 0.5) is 4.39 Å². The van der Waals surface area contributed by atoms with E-state index in [0.717, 1.165) is 25.7 Å². The standard InChI is InChI=1S/C19H22FN3O3/c1-13(18(24)23-10-4-2-3-5-11-23)26-19(25)17-12-16(21-22-17)14-6-8-15(20)9-7-14/h6-9,12-13H,2-5,10-11H2,1H3,(H,21,22)/t13-/m1/s1. The van der Waals surface area contributed by atoms with Crippen molar-refractivity contribution in [2.24, 2.45) is 0 Å². The Labute approximate surface area is 151 Å². The minimum atomic E-state index is -0.849. The average Bonchev–Trinajstić information content (AvgIpc) is 2.97. The van der Waals surface area contributed by atoms with E-state index in [0.29, 0.717) is 24.3 Å². The van der Waals surface area contributed by atoms with Crippen molar-refractivity contribution in [1.29, 1.82) is 0 Å². The fourth-order valence-corrected chi connectivity index (χ4v) is 3.02. The molecule has 7 heteroatoms. The van der Waals surface area contributed by atoms with E-state index in [1.165, 1.54) is 18.2 Å². The van der Waals surface area contributed by atoms with Crippen molar-refractivity contribution < 1.29 is 18.7 Å². The number of esters is 1. The first-order valence-corrected chi connectivity index (χ1v) is 8.86. The summed E-state index contributed by atoms with van der Waals surface area (Å²) in [6.45, 7) is 3.00. The summed E-state index contributed by atoms with van der Waals surface area (Å²) in [4.78, 5) is 26.5. The van der Waals surface area contributed by atoms with Crippen molar-refractivity contribution >= 4 is 11.9 Å². The van der Waals surface area contributed by atoms with E-state index in [-0.39, 0.29) is 17.4 Å². The Balaban J connectivity index is 1.62. The van der Waals surface area contributed by atoms with Gasteiger partial charge in [-0.25, -0.2) is 9.18 Å². The molecule has 1 aromatic carbocycles. The normalized spacial score (nSPS) is 16.0. The predicted molar refractivity (Wildman–Crippen MR) is 93.9 cm³/mol. The molecule has 0 bridgehead atoms. The number of rotatable bonds is 4. The Morgan fingerprint density at radius 3 is 2.46 bits per heavy atom. The Morgan fingerprint density at radius 2 is 1.81 bits per heavy atom. The molecule has 0 aliphatic carbocycles. The van der Waals surface area contributed by atoms with Crippen LogP contribution in [0.2, 0.25) is 0 Å². The molecule has 1 N–H and O–H groups in total. The molecule has 0 spiro atoms. The molecule has 1 aliphatic rings. The van der Waals surface area contributed by atoms with E-state index in [1.54, 1.807) is 24.0 Å². The lowest BCUT2D eigenvalue weighted by Gasteiger charge is -2.23. The largest absolute Gasteiger partial charge is 0.448 e. The van der Waals surface area contributed by atoms with Crippen LogP contribution in [0, 0.1) is 5.82 Å². The van der Waals surface area contributed by atoms with Crippen LogP contribution in [-0.4, -0.2) is 46.2 Å². The maximum absolute atomic E-state index is 13.0. The highest BCUT2D eigenvalue weighted by Gasteiger charge is 2.25. The van der Waals surface area contributed by atoms with Gasteiger partial charge in [-0.3, -0.25) is 9.89 Å². The van der Waals surface area contributed by atoms with Gasteiger partial charge in [0.1, 0.15) is 11.5 Å². The quantitative estimate of drug-likeness (QED) is 0.851. The molecule has 1 fully saturated rings. The van der Waals surface area contributed by atoms with Gasteiger partial charge in [0.05, 0.1) is 5.69 Å². The van der Waals surface area contributed by atoms with Crippen molar-refractivity contribution in [1.82, 2.24) is 15.1 Å². The molecule has 26 heavy (non-hydrogen) atoms. The van der Waals surface area contributed by atoms with Crippen LogP contribution >= 0.6 is 0 Å². The molecule has 0 unspecified atom stereocenters. The van der Waals surface area contributed by atoms with Crippen LogP contribution in [-0.2, 0) is 9.53 Å². The zero-order chi connectivity index (χ0) is 18.5. The van der Waals surface area contributed by atoms with Crippen LogP contribution in [0.5, 0.6) is 0 Å². The number of hydrogen-bond donors (Lipinski definition) is 1. The van der Waals surface area contributed by atoms with Gasteiger partial charge in [-0.2, -0.15) is 5.10 Å². The molecule has 1 aromatic heterocycles. The molecule has 2 aromatic rings. The van der Waals surface area contributed by atoms with Gasteiger partial charge in [0.2, 0.25) is 0 Å². The molecular weight excluding hydrogens is 337 g/mol. The van der Waals surface area contributed by atoms with E-state index in [2.05, 4.69) is 10.2 Å². The second kappa shape index (κ2) is 8.12. The third-order valence-electron chi connectivity index (χ3n) is 4.49. The Morgan fingerprint density at radius 1 is 1.15 bits per heavy atom. The van der Waals surface area contributed by atoms with Crippen LogP contribution in [0.3, 0.4) is 0 Å². The highest BCUT2D eigenvalue weighted by molar-refractivity contribution is 5.91. The first-order valence-electron chi connectivity index (χ1n) is 8.86. The highest BCUT2D eigenvalue weighted by atomic mass is 19.1. The van der Waals surface area contributed by atoms with Crippen molar-refractivity contribution in [3.05, 3.63) is 41.8 Å². The summed E-state index contributed by atoms with van der Waals surface area (Å²) < 4.78 is 18.3. The number of nitrogens with zero attached hydrogens (tertiary/aromatic N) is 2. The number of H-pyrrole nitrogens is 1. The molecule has 1 amide bonds. The van der Waals surface area contributed by atoms with Gasteiger partial charge < -0.3 is 9.64 Å². The minimum absolute atomic E-state index is 0.153. The van der Waals surface area contributed by atoms with Gasteiger partial charge >= 0.3 is 5.97 Å². The third kappa shape index (κ3) is 4.28. The fourth-order valence-electron chi connectivity index (χ4n) is 3.02. The zero-order valence-corrected chi connectivity index (χ0v) is 14.7. The Hall–Kier alpha value is -2.70. The Kier molecular flexibility index (Phi) is 5.65. The van der Waals surface area contributed by atoms with Gasteiger partial charge in [0, 0.05) is 18.7 Å². The van der Waals surface area contributed by atoms with Crippen molar-refractivity contribution in [3.63, 3.8) is 0 Å². The highest BCUT2D eigenvalue weighted by Crippen LogP contribution is 2.19. The van der Waals surface area contributed by atoms with Gasteiger partial charge in [0.15, 0.2) is 6.10 Å². The molecule has 1 aliphatic heterocycles. The average molecular weight is 359 g/mol. The van der Waals surface area contributed by atoms with Crippen LogP contribution in [0.15, 0.2) is 30.3 Å². The van der Waals surface area contributed by atoms with Gasteiger partial charge in [-0.05, 0) is 50.1 Å². The van der Waals surface area contributed by atoms with Gasteiger partial charge in [0.25, 0.3) is 5.91 Å². The number of aromatic amines is 1. The van der Waals surface area contributed by atoms with Crippen molar-refractivity contribution in [2.45, 2.75) is 38.7 Å². The number of halogens is 1. The van der Waals surface area contributed by atoms with Crippen molar-refractivity contribution in [3.8, 4) is 11.3 Å². The summed E-state index contributed by atoms with van der Waals surface area (Å²) in [5, 5.41) is 6.66. The summed E-state index contributed by atoms with van der Waals surface area (Å²) in [7, 11) is 0. The smallest absolute Gasteiger partial charge is 0.357 e. The summed E-state index contributed by atoms with van der Waals surface area (Å²) in [6.07, 6.45) is 3.36. The van der Waals surface area contributed by atoms with E-state index in [9.17, 15) is 14.0 Å². The molecule has 3 rings (SSSR count). The number of hydrogen-bond acceptors (Lipinski definition) is 4. The molecule has 6 nitrogen and oxygen atoms in total. The van der Waals surface area contributed by atoms with Crippen molar-refractivity contribution in [2.75, 3.05) is 13.1 Å². The maximum atomic E-state index is 13.0. The SMILES string of the molecule is C[C@@H](OC(=O)c1cc(-c2ccc(F)cc2)n[nH]1)C(=O)N1CCCCCC1. The summed E-state index contributed by atoms with van der Waals surface area (Å²) >= 11 is 0. The van der Waals surface area contributed by atoms with Gasteiger partial charge in [-0.15, -0.1) is 0 Å². The molecule has 2 heterocycles. The molecule has 138 valence electrons. The number of likely N-dealkylation sites (tertiary alicyclic amines) is 1. The first-order chi connectivity index (χ1) is 12.5. The lowest BCUT2D eigenvalue weighted by Crippen LogP contribution is -2.40. The Bertz CT molecular complexity index is 765. The number of aromatic nitrogens is 2. The molecule has 0 saturated carbocycles. The lowest BCUT2D eigenvalue weighted by atomic mass is 10.1. The number of carbonyl (C=O) groups excluding carboxylic acids is 2. The topological polar surface area (TPSA) is 75.3 Å². The van der Waals surface area contributed by atoms with Crippen LogP contribution in [0.25, 0.3) is 11.3 Å². The molecule has 1 saturated heterocycles. The zero-order valence-electron chi connectivity index (χ0n) is 14.7. The number of carbonyl (C=O) groups is 2. The number of amides is 1. The summed E-state index contributed by atoms with van der Waals surface area (Å²) in [6, 6.07) is 7.32. The summed E-state index contributed by atoms with van der Waals surface area (Å²) in [5.74, 6) is -1.15. The number of benzene rings is 1. The molecule has 0 radical (unpaired) electrons. The van der Waals surface area contributed by atoms with E-state index < -0.39 is 12.1 Å². The van der Waals surface area contributed by atoms with Crippen LogP contribution < -0.4 is 0 Å². The number of ether oxygens (including phenoxy) is 1. The third-order valence-corrected chi connectivity index (χ3v) is 4.49. The minimum Gasteiger partial charge on any atom is -0.448 e. The maximum Gasteiger partial charge on any atom is 0.357 e. The summed E-state index contributed by atoms with van der Waals surface area (Å²) in [5.41, 5.74) is 1.33. The first kappa shape index (κ1) is 18.1. The van der Waals surface area contributed by atoms with E-state index in [1.807, 2.05) is 0 Å². The molecule has 1 atom stereocenters. The van der Waals surface area contributed by atoms with E-state index in [4.69, 9.17) is 4.74 Å².